The third-order valence-electron chi connectivity index (χ3n) is 5.74. The fraction of sp³-hybridized carbons (Fsp3) is 0.692. The van der Waals surface area contributed by atoms with Gasteiger partial charge in [0.15, 0.2) is 5.78 Å². The minimum atomic E-state index is -1.07. The Labute approximate surface area is 203 Å². The highest BCUT2D eigenvalue weighted by Gasteiger charge is 2.38. The molecule has 8 nitrogen and oxygen atoms in total. The van der Waals surface area contributed by atoms with Gasteiger partial charge in [0, 0.05) is 5.56 Å². The lowest BCUT2D eigenvalue weighted by molar-refractivity contribution is -0.0544. The monoisotopic (exact) mass is 482 g/mol. The van der Waals surface area contributed by atoms with Gasteiger partial charge >= 0.3 is 5.97 Å². The number of aliphatic hydroxyl groups is 1. The smallest absolute Gasteiger partial charge is 0.338 e. The van der Waals surface area contributed by atoms with Crippen molar-refractivity contribution >= 4 is 11.8 Å². The lowest BCUT2D eigenvalue weighted by Crippen LogP contribution is -2.42. The van der Waals surface area contributed by atoms with E-state index in [2.05, 4.69) is 13.8 Å². The summed E-state index contributed by atoms with van der Waals surface area (Å²) in [7, 11) is 0. The number of hydrogen-bond donors (Lipinski definition) is 1. The Morgan fingerprint density at radius 3 is 2.03 bits per heavy atom. The molecule has 0 saturated heterocycles. The van der Waals surface area contributed by atoms with Gasteiger partial charge in [0.2, 0.25) is 0 Å². The number of hydrogen-bond acceptors (Lipinski definition) is 8. The molecule has 194 valence electrons. The van der Waals surface area contributed by atoms with Crippen molar-refractivity contribution in [2.45, 2.75) is 65.1 Å². The predicted molar refractivity (Wildman–Crippen MR) is 129 cm³/mol. The Bertz CT molecular complexity index is 698. The normalized spacial score (nSPS) is 11.7. The van der Waals surface area contributed by atoms with E-state index in [0.29, 0.717) is 26.1 Å². The lowest BCUT2D eigenvalue weighted by atomic mass is 9.85. The predicted octanol–water partition coefficient (Wildman–Crippen LogP) is 3.83. The number of benzene rings is 1. The van der Waals surface area contributed by atoms with Gasteiger partial charge in [0.1, 0.15) is 12.2 Å². The molecule has 0 saturated carbocycles. The van der Waals surface area contributed by atoms with Crippen molar-refractivity contribution in [1.29, 1.82) is 0 Å². The van der Waals surface area contributed by atoms with Gasteiger partial charge in [-0.05, 0) is 31.7 Å². The average Bonchev–Trinajstić information content (AvgIpc) is 2.87. The molecular formula is C26H42O8. The Morgan fingerprint density at radius 1 is 0.824 bits per heavy atom. The van der Waals surface area contributed by atoms with Crippen molar-refractivity contribution < 1.29 is 38.4 Å². The maximum atomic E-state index is 13.5. The molecule has 34 heavy (non-hydrogen) atoms. The van der Waals surface area contributed by atoms with Crippen LogP contribution in [0.5, 0.6) is 0 Å². The van der Waals surface area contributed by atoms with Crippen molar-refractivity contribution in [3.8, 4) is 0 Å². The second-order valence-electron chi connectivity index (χ2n) is 7.82. The third kappa shape index (κ3) is 9.80. The lowest BCUT2D eigenvalue weighted by Gasteiger charge is -2.31. The van der Waals surface area contributed by atoms with E-state index in [1.165, 1.54) is 0 Å². The van der Waals surface area contributed by atoms with E-state index in [1.807, 2.05) is 13.8 Å². The molecule has 0 heterocycles. The van der Waals surface area contributed by atoms with Crippen molar-refractivity contribution in [2.24, 2.45) is 0 Å². The third-order valence-corrected chi connectivity index (χ3v) is 5.74. The molecule has 0 fully saturated rings. The Balaban J connectivity index is 2.67. The van der Waals surface area contributed by atoms with Crippen LogP contribution >= 0.6 is 0 Å². The summed E-state index contributed by atoms with van der Waals surface area (Å²) >= 11 is 0. The van der Waals surface area contributed by atoms with Gasteiger partial charge in [0.05, 0.1) is 57.9 Å². The van der Waals surface area contributed by atoms with Gasteiger partial charge in [-0.15, -0.1) is 0 Å². The Kier molecular flexibility index (Phi) is 15.6. The number of ether oxygens (including phenoxy) is 5. The molecule has 0 aromatic heterocycles. The Hall–Kier alpha value is -1.84. The molecule has 0 aliphatic carbocycles. The van der Waals surface area contributed by atoms with Crippen LogP contribution in [0.3, 0.4) is 0 Å². The number of ketones is 1. The summed E-state index contributed by atoms with van der Waals surface area (Å²) in [6.45, 7) is 9.80. The van der Waals surface area contributed by atoms with E-state index in [0.717, 1.165) is 12.8 Å². The quantitative estimate of drug-likeness (QED) is 0.170. The molecule has 0 radical (unpaired) electrons. The van der Waals surface area contributed by atoms with Crippen LogP contribution in [0.15, 0.2) is 24.3 Å². The molecule has 0 amide bonds. The molecule has 0 aliphatic rings. The SMILES string of the molecule is CCC(CC)OCCOCCOC(=O)c1ccccc1C(=O)C(CC)(CC)OCCOCCO. The first-order valence-electron chi connectivity index (χ1n) is 12.3. The fourth-order valence-corrected chi connectivity index (χ4v) is 3.58. The first kappa shape index (κ1) is 30.2. The van der Waals surface area contributed by atoms with Crippen LogP contribution in [0.2, 0.25) is 0 Å². The van der Waals surface area contributed by atoms with Gasteiger partial charge < -0.3 is 28.8 Å². The standard InChI is InChI=1S/C26H42O8/c1-5-21(6-2)32-18-15-31-16-19-33-25(29)23-12-10-9-11-22(23)24(28)26(7-3,8-4)34-20-17-30-14-13-27/h9-12,21,27H,5-8,13-20H2,1-4H3. The van der Waals surface area contributed by atoms with E-state index in [-0.39, 0.29) is 62.7 Å². The molecule has 8 heteroatoms. The zero-order valence-corrected chi connectivity index (χ0v) is 21.2. The molecule has 0 atom stereocenters. The molecule has 1 rings (SSSR count). The summed E-state index contributed by atoms with van der Waals surface area (Å²) in [5.74, 6) is -0.838. The summed E-state index contributed by atoms with van der Waals surface area (Å²) < 4.78 is 27.7. The topological polar surface area (TPSA) is 101 Å². The van der Waals surface area contributed by atoms with E-state index < -0.39 is 11.6 Å². The van der Waals surface area contributed by atoms with Gasteiger partial charge in [-0.1, -0.05) is 45.9 Å². The molecule has 1 aromatic carbocycles. The molecule has 0 spiro atoms. The molecular weight excluding hydrogens is 440 g/mol. The summed E-state index contributed by atoms with van der Waals surface area (Å²) in [4.78, 5) is 26.2. The summed E-state index contributed by atoms with van der Waals surface area (Å²) in [6.07, 6.45) is 3.06. The highest BCUT2D eigenvalue weighted by atomic mass is 16.6. The van der Waals surface area contributed by atoms with Crippen molar-refractivity contribution in [2.75, 3.05) is 52.9 Å². The molecule has 0 bridgehead atoms. The highest BCUT2D eigenvalue weighted by molar-refractivity contribution is 6.10. The number of rotatable bonds is 20. The number of aliphatic hydroxyl groups excluding tert-OH is 1. The summed E-state index contributed by atoms with van der Waals surface area (Å²) in [5, 5.41) is 8.81. The maximum Gasteiger partial charge on any atom is 0.338 e. The Morgan fingerprint density at radius 2 is 1.41 bits per heavy atom. The van der Waals surface area contributed by atoms with Gasteiger partial charge in [-0.25, -0.2) is 4.79 Å². The van der Waals surface area contributed by atoms with E-state index in [1.54, 1.807) is 24.3 Å². The fourth-order valence-electron chi connectivity index (χ4n) is 3.58. The van der Waals surface area contributed by atoms with Crippen LogP contribution in [0.25, 0.3) is 0 Å². The van der Waals surface area contributed by atoms with Crippen LogP contribution in [0, 0.1) is 0 Å². The number of carbonyl (C=O) groups excluding carboxylic acids is 2. The minimum Gasteiger partial charge on any atom is -0.460 e. The first-order chi connectivity index (χ1) is 16.5. The van der Waals surface area contributed by atoms with Gasteiger partial charge in [0.25, 0.3) is 0 Å². The van der Waals surface area contributed by atoms with Crippen molar-refractivity contribution in [1.82, 2.24) is 0 Å². The highest BCUT2D eigenvalue weighted by Crippen LogP contribution is 2.28. The first-order valence-corrected chi connectivity index (χ1v) is 12.3. The van der Waals surface area contributed by atoms with Crippen LogP contribution < -0.4 is 0 Å². The molecule has 1 aromatic rings. The van der Waals surface area contributed by atoms with E-state index in [4.69, 9.17) is 28.8 Å². The van der Waals surface area contributed by atoms with Crippen LogP contribution in [-0.2, 0) is 23.7 Å². The zero-order valence-electron chi connectivity index (χ0n) is 21.2. The second kappa shape index (κ2) is 17.6. The maximum absolute atomic E-state index is 13.5. The largest absolute Gasteiger partial charge is 0.460 e. The van der Waals surface area contributed by atoms with Crippen LogP contribution in [0.1, 0.15) is 74.1 Å². The van der Waals surface area contributed by atoms with Crippen LogP contribution in [-0.4, -0.2) is 81.4 Å². The number of carbonyl (C=O) groups is 2. The van der Waals surface area contributed by atoms with Crippen LogP contribution in [0.4, 0.5) is 0 Å². The summed E-state index contributed by atoms with van der Waals surface area (Å²) in [6, 6.07) is 6.62. The minimum absolute atomic E-state index is 0.0713. The van der Waals surface area contributed by atoms with E-state index in [9.17, 15) is 9.59 Å². The number of esters is 1. The zero-order chi connectivity index (χ0) is 25.2. The van der Waals surface area contributed by atoms with Gasteiger partial charge in [-0.2, -0.15) is 0 Å². The second-order valence-corrected chi connectivity index (χ2v) is 7.82. The van der Waals surface area contributed by atoms with Gasteiger partial charge in [-0.3, -0.25) is 4.79 Å². The molecule has 0 unspecified atom stereocenters. The van der Waals surface area contributed by atoms with Crippen molar-refractivity contribution in [3.05, 3.63) is 35.4 Å². The summed E-state index contributed by atoms with van der Waals surface area (Å²) in [5.41, 5.74) is -0.598. The molecule has 1 N–H and O–H groups in total. The van der Waals surface area contributed by atoms with E-state index >= 15 is 0 Å². The number of Topliss-reactive ketones (excluding diaryl/α,β-unsaturated/α-hetero) is 1. The average molecular weight is 483 g/mol. The molecule has 0 aliphatic heterocycles. The van der Waals surface area contributed by atoms with Crippen molar-refractivity contribution in [3.63, 3.8) is 0 Å².